The van der Waals surface area contributed by atoms with E-state index in [4.69, 9.17) is 4.74 Å². The summed E-state index contributed by atoms with van der Waals surface area (Å²) in [6, 6.07) is 8.32. The second-order valence-corrected chi connectivity index (χ2v) is 5.12. The van der Waals surface area contributed by atoms with Crippen molar-refractivity contribution in [3.63, 3.8) is 0 Å². The SMILES string of the molecule is CNC(C)CNC(=O)CCCCOc1cccc(C)c1.Cl. The van der Waals surface area contributed by atoms with Gasteiger partial charge in [-0.1, -0.05) is 12.1 Å². The van der Waals surface area contributed by atoms with E-state index >= 15 is 0 Å². The van der Waals surface area contributed by atoms with E-state index in [2.05, 4.69) is 10.6 Å². The van der Waals surface area contributed by atoms with Crippen LogP contribution in [0.3, 0.4) is 0 Å². The van der Waals surface area contributed by atoms with E-state index < -0.39 is 0 Å². The number of aryl methyl sites for hydroxylation is 1. The van der Waals surface area contributed by atoms with Crippen LogP contribution >= 0.6 is 12.4 Å². The number of carbonyl (C=O) groups excluding carboxylic acids is 1. The van der Waals surface area contributed by atoms with Crippen molar-refractivity contribution >= 4 is 18.3 Å². The van der Waals surface area contributed by atoms with Gasteiger partial charge in [0.2, 0.25) is 5.91 Å². The van der Waals surface area contributed by atoms with Crippen molar-refractivity contribution < 1.29 is 9.53 Å². The Balaban J connectivity index is 0.00000400. The van der Waals surface area contributed by atoms with E-state index in [0.29, 0.717) is 25.6 Å². The van der Waals surface area contributed by atoms with Gasteiger partial charge in [0.15, 0.2) is 0 Å². The summed E-state index contributed by atoms with van der Waals surface area (Å²) in [6.45, 7) is 5.41. The second kappa shape index (κ2) is 11.4. The van der Waals surface area contributed by atoms with Crippen molar-refractivity contribution in [1.29, 1.82) is 0 Å². The molecule has 0 spiro atoms. The van der Waals surface area contributed by atoms with Crippen molar-refractivity contribution in [1.82, 2.24) is 10.6 Å². The summed E-state index contributed by atoms with van der Waals surface area (Å²) in [5, 5.41) is 5.99. The van der Waals surface area contributed by atoms with Crippen LogP contribution in [0.5, 0.6) is 5.75 Å². The zero-order valence-corrected chi connectivity index (χ0v) is 14.0. The third-order valence-corrected chi connectivity index (χ3v) is 3.15. The molecule has 120 valence electrons. The molecule has 1 aromatic rings. The molecule has 0 saturated carbocycles. The first kappa shape index (κ1) is 19.7. The number of nitrogens with one attached hydrogen (secondary N) is 2. The Morgan fingerprint density at radius 1 is 1.33 bits per heavy atom. The molecule has 1 amide bonds. The molecule has 0 fully saturated rings. The number of hydrogen-bond donors (Lipinski definition) is 2. The molecular formula is C16H27ClN2O2. The minimum Gasteiger partial charge on any atom is -0.494 e. The predicted octanol–water partition coefficient (Wildman–Crippen LogP) is 2.69. The first-order valence-corrected chi connectivity index (χ1v) is 7.25. The number of amides is 1. The highest BCUT2D eigenvalue weighted by Gasteiger charge is 2.03. The molecular weight excluding hydrogens is 288 g/mol. The fourth-order valence-electron chi connectivity index (χ4n) is 1.74. The van der Waals surface area contributed by atoms with Crippen LogP contribution in [0.1, 0.15) is 31.7 Å². The van der Waals surface area contributed by atoms with Crippen LogP contribution < -0.4 is 15.4 Å². The molecule has 1 rings (SSSR count). The number of unbranched alkanes of at least 4 members (excludes halogenated alkanes) is 1. The lowest BCUT2D eigenvalue weighted by Gasteiger charge is -2.11. The summed E-state index contributed by atoms with van der Waals surface area (Å²) in [5.74, 6) is 1.01. The Hall–Kier alpha value is -1.26. The summed E-state index contributed by atoms with van der Waals surface area (Å²) in [6.07, 6.45) is 2.31. The van der Waals surface area contributed by atoms with Gasteiger partial charge < -0.3 is 15.4 Å². The minimum absolute atomic E-state index is 0. The molecule has 0 radical (unpaired) electrons. The smallest absolute Gasteiger partial charge is 0.220 e. The number of hydrogen-bond acceptors (Lipinski definition) is 3. The molecule has 2 N–H and O–H groups in total. The quantitative estimate of drug-likeness (QED) is 0.689. The predicted molar refractivity (Wildman–Crippen MR) is 89.3 cm³/mol. The van der Waals surface area contributed by atoms with Crippen LogP contribution in [0.4, 0.5) is 0 Å². The van der Waals surface area contributed by atoms with Gasteiger partial charge in [0, 0.05) is 19.0 Å². The third-order valence-electron chi connectivity index (χ3n) is 3.15. The summed E-state index contributed by atoms with van der Waals surface area (Å²) in [4.78, 5) is 11.6. The maximum atomic E-state index is 11.6. The van der Waals surface area contributed by atoms with E-state index in [1.54, 1.807) is 0 Å². The molecule has 21 heavy (non-hydrogen) atoms. The van der Waals surface area contributed by atoms with E-state index in [1.165, 1.54) is 5.56 Å². The molecule has 5 heteroatoms. The average molecular weight is 315 g/mol. The average Bonchev–Trinajstić information content (AvgIpc) is 2.44. The fourth-order valence-corrected chi connectivity index (χ4v) is 1.74. The Bertz CT molecular complexity index is 413. The first-order valence-electron chi connectivity index (χ1n) is 7.25. The lowest BCUT2D eigenvalue weighted by molar-refractivity contribution is -0.121. The first-order chi connectivity index (χ1) is 9.61. The topological polar surface area (TPSA) is 50.4 Å². The van der Waals surface area contributed by atoms with E-state index in [0.717, 1.165) is 18.6 Å². The molecule has 0 aromatic heterocycles. The minimum atomic E-state index is 0. The van der Waals surface area contributed by atoms with Crippen LogP contribution in [0.15, 0.2) is 24.3 Å². The zero-order chi connectivity index (χ0) is 14.8. The second-order valence-electron chi connectivity index (χ2n) is 5.12. The monoisotopic (exact) mass is 314 g/mol. The molecule has 0 aliphatic carbocycles. The lowest BCUT2D eigenvalue weighted by Crippen LogP contribution is -2.37. The normalized spacial score (nSPS) is 11.4. The van der Waals surface area contributed by atoms with Crippen LogP contribution in [0.25, 0.3) is 0 Å². The van der Waals surface area contributed by atoms with Crippen molar-refractivity contribution in [2.75, 3.05) is 20.2 Å². The maximum absolute atomic E-state index is 11.6. The zero-order valence-electron chi connectivity index (χ0n) is 13.1. The third kappa shape index (κ3) is 9.32. The van der Waals surface area contributed by atoms with Gasteiger partial charge >= 0.3 is 0 Å². The molecule has 0 heterocycles. The number of likely N-dealkylation sites (N-methyl/N-ethyl adjacent to an activating group) is 1. The molecule has 0 saturated heterocycles. The van der Waals surface area contributed by atoms with Gasteiger partial charge in [-0.25, -0.2) is 0 Å². The number of rotatable bonds is 9. The van der Waals surface area contributed by atoms with Gasteiger partial charge in [0.25, 0.3) is 0 Å². The van der Waals surface area contributed by atoms with Crippen molar-refractivity contribution in [3.05, 3.63) is 29.8 Å². The van der Waals surface area contributed by atoms with Gasteiger partial charge in [0.05, 0.1) is 6.61 Å². The van der Waals surface area contributed by atoms with E-state index in [-0.39, 0.29) is 18.3 Å². The Morgan fingerprint density at radius 3 is 2.76 bits per heavy atom. The van der Waals surface area contributed by atoms with E-state index in [9.17, 15) is 4.79 Å². The van der Waals surface area contributed by atoms with Crippen LogP contribution in [0, 0.1) is 6.92 Å². The number of halogens is 1. The Labute approximate surface area is 134 Å². The molecule has 1 unspecified atom stereocenters. The molecule has 1 aromatic carbocycles. The Kier molecular flexibility index (Phi) is 10.7. The standard InChI is InChI=1S/C16H26N2O2.ClH/c1-13-7-6-8-15(11-13)20-10-5-4-9-16(19)18-12-14(2)17-3;/h6-8,11,14,17H,4-5,9-10,12H2,1-3H3,(H,18,19);1H. The highest BCUT2D eigenvalue weighted by atomic mass is 35.5. The van der Waals surface area contributed by atoms with Crippen LogP contribution in [-0.4, -0.2) is 32.1 Å². The number of carbonyl (C=O) groups is 1. The molecule has 0 aliphatic rings. The number of ether oxygens (including phenoxy) is 1. The highest BCUT2D eigenvalue weighted by Crippen LogP contribution is 2.12. The summed E-state index contributed by atoms with van der Waals surface area (Å²) >= 11 is 0. The van der Waals surface area contributed by atoms with Gasteiger partial charge in [0.1, 0.15) is 5.75 Å². The molecule has 0 aliphatic heterocycles. The molecule has 1 atom stereocenters. The lowest BCUT2D eigenvalue weighted by atomic mass is 10.2. The van der Waals surface area contributed by atoms with Gasteiger partial charge in [-0.3, -0.25) is 4.79 Å². The molecule has 0 bridgehead atoms. The van der Waals surface area contributed by atoms with Crippen LogP contribution in [-0.2, 0) is 4.79 Å². The fraction of sp³-hybridized carbons (Fsp3) is 0.562. The van der Waals surface area contributed by atoms with Crippen molar-refractivity contribution in [2.24, 2.45) is 0 Å². The number of benzene rings is 1. The van der Waals surface area contributed by atoms with Crippen molar-refractivity contribution in [2.45, 2.75) is 39.2 Å². The van der Waals surface area contributed by atoms with E-state index in [1.807, 2.05) is 45.2 Å². The van der Waals surface area contributed by atoms with Gasteiger partial charge in [-0.05, 0) is 51.4 Å². The molecule has 4 nitrogen and oxygen atoms in total. The van der Waals surface area contributed by atoms with Gasteiger partial charge in [-0.2, -0.15) is 0 Å². The maximum Gasteiger partial charge on any atom is 0.220 e. The highest BCUT2D eigenvalue weighted by molar-refractivity contribution is 5.85. The van der Waals surface area contributed by atoms with Crippen molar-refractivity contribution in [3.8, 4) is 5.75 Å². The van der Waals surface area contributed by atoms with Crippen LogP contribution in [0.2, 0.25) is 0 Å². The summed E-state index contributed by atoms with van der Waals surface area (Å²) in [5.41, 5.74) is 1.19. The summed E-state index contributed by atoms with van der Waals surface area (Å²) < 4.78 is 5.64. The Morgan fingerprint density at radius 2 is 2.10 bits per heavy atom. The van der Waals surface area contributed by atoms with Gasteiger partial charge in [-0.15, -0.1) is 12.4 Å². The summed E-state index contributed by atoms with van der Waals surface area (Å²) in [7, 11) is 1.89. The largest absolute Gasteiger partial charge is 0.494 e.